The number of rotatable bonds is 1. The van der Waals surface area contributed by atoms with Crippen LogP contribution in [-0.4, -0.2) is 23.5 Å². The van der Waals surface area contributed by atoms with Crippen molar-refractivity contribution in [1.29, 1.82) is 0 Å². The SMILES string of the molecule is O=C1CSCC(C2CC2)N1. The summed E-state index contributed by atoms with van der Waals surface area (Å²) in [5, 5.41) is 3.02. The zero-order chi connectivity index (χ0) is 6.97. The minimum absolute atomic E-state index is 0.230. The van der Waals surface area contributed by atoms with Crippen molar-refractivity contribution in [2.45, 2.75) is 18.9 Å². The highest BCUT2D eigenvalue weighted by atomic mass is 32.2. The fourth-order valence-electron chi connectivity index (χ4n) is 1.32. The third kappa shape index (κ3) is 1.29. The summed E-state index contributed by atoms with van der Waals surface area (Å²) in [6.45, 7) is 0. The Bertz CT molecular complexity index is 156. The molecule has 1 aliphatic carbocycles. The minimum atomic E-state index is 0.230. The Morgan fingerprint density at radius 1 is 1.50 bits per heavy atom. The van der Waals surface area contributed by atoms with Crippen molar-refractivity contribution in [2.75, 3.05) is 11.5 Å². The lowest BCUT2D eigenvalue weighted by atomic mass is 10.2. The van der Waals surface area contributed by atoms with Crippen molar-refractivity contribution >= 4 is 17.7 Å². The quantitative estimate of drug-likeness (QED) is 0.605. The summed E-state index contributed by atoms with van der Waals surface area (Å²) in [4.78, 5) is 10.9. The molecule has 1 atom stereocenters. The highest BCUT2D eigenvalue weighted by Crippen LogP contribution is 2.35. The topological polar surface area (TPSA) is 29.1 Å². The van der Waals surface area contributed by atoms with E-state index >= 15 is 0 Å². The minimum Gasteiger partial charge on any atom is -0.352 e. The number of thioether (sulfide) groups is 1. The first-order valence-electron chi connectivity index (χ1n) is 3.73. The zero-order valence-electron chi connectivity index (χ0n) is 5.80. The fraction of sp³-hybridized carbons (Fsp3) is 0.857. The van der Waals surface area contributed by atoms with E-state index < -0.39 is 0 Å². The Balaban J connectivity index is 1.89. The van der Waals surface area contributed by atoms with Gasteiger partial charge in [0.25, 0.3) is 0 Å². The average molecular weight is 157 g/mol. The molecule has 56 valence electrons. The molecule has 1 unspecified atom stereocenters. The molecule has 0 bridgehead atoms. The Labute approximate surface area is 64.8 Å². The highest BCUT2D eigenvalue weighted by Gasteiger charge is 2.33. The van der Waals surface area contributed by atoms with Gasteiger partial charge in [-0.2, -0.15) is 0 Å². The van der Waals surface area contributed by atoms with Gasteiger partial charge in [-0.25, -0.2) is 0 Å². The molecule has 0 aromatic rings. The second-order valence-corrected chi connectivity index (χ2v) is 4.06. The van der Waals surface area contributed by atoms with Crippen LogP contribution in [0.2, 0.25) is 0 Å². The molecule has 10 heavy (non-hydrogen) atoms. The molecule has 1 amide bonds. The van der Waals surface area contributed by atoms with E-state index in [1.54, 1.807) is 11.8 Å². The Hall–Kier alpha value is -0.180. The van der Waals surface area contributed by atoms with E-state index in [-0.39, 0.29) is 5.91 Å². The first-order chi connectivity index (χ1) is 4.86. The van der Waals surface area contributed by atoms with Gasteiger partial charge in [-0.1, -0.05) is 0 Å². The predicted molar refractivity (Wildman–Crippen MR) is 42.0 cm³/mol. The van der Waals surface area contributed by atoms with Crippen molar-refractivity contribution in [3.63, 3.8) is 0 Å². The maximum atomic E-state index is 10.9. The van der Waals surface area contributed by atoms with Gasteiger partial charge in [0.2, 0.25) is 5.91 Å². The summed E-state index contributed by atoms with van der Waals surface area (Å²) in [7, 11) is 0. The monoisotopic (exact) mass is 157 g/mol. The maximum absolute atomic E-state index is 10.9. The number of carbonyl (C=O) groups is 1. The molecule has 1 heterocycles. The summed E-state index contributed by atoms with van der Waals surface area (Å²) in [6.07, 6.45) is 2.65. The van der Waals surface area contributed by atoms with E-state index in [0.717, 1.165) is 11.7 Å². The van der Waals surface area contributed by atoms with Gasteiger partial charge >= 0.3 is 0 Å². The number of hydrogen-bond acceptors (Lipinski definition) is 2. The van der Waals surface area contributed by atoms with Gasteiger partial charge in [0.1, 0.15) is 0 Å². The van der Waals surface area contributed by atoms with Crippen LogP contribution in [0.4, 0.5) is 0 Å². The molecule has 0 radical (unpaired) electrons. The molecule has 2 aliphatic rings. The summed E-state index contributed by atoms with van der Waals surface area (Å²) >= 11 is 1.77. The van der Waals surface area contributed by atoms with Crippen molar-refractivity contribution in [1.82, 2.24) is 5.32 Å². The molecule has 1 saturated heterocycles. The summed E-state index contributed by atoms with van der Waals surface area (Å²) in [5.41, 5.74) is 0. The molecule has 2 rings (SSSR count). The summed E-state index contributed by atoms with van der Waals surface area (Å²) in [5.74, 6) is 2.85. The third-order valence-corrected chi connectivity index (χ3v) is 3.13. The lowest BCUT2D eigenvalue weighted by molar-refractivity contribution is -0.119. The first-order valence-corrected chi connectivity index (χ1v) is 4.89. The molecule has 3 heteroatoms. The Kier molecular flexibility index (Phi) is 1.60. The van der Waals surface area contributed by atoms with Crippen LogP contribution in [0.1, 0.15) is 12.8 Å². The van der Waals surface area contributed by atoms with Crippen molar-refractivity contribution in [3.05, 3.63) is 0 Å². The van der Waals surface area contributed by atoms with Crippen LogP contribution < -0.4 is 5.32 Å². The number of nitrogens with one attached hydrogen (secondary N) is 1. The summed E-state index contributed by atoms with van der Waals surface area (Å²) in [6, 6.07) is 0.506. The van der Waals surface area contributed by atoms with Gasteiger partial charge in [-0.3, -0.25) is 4.79 Å². The standard InChI is InChI=1S/C7H11NOS/c9-7-4-10-3-6(8-7)5-1-2-5/h5-6H,1-4H2,(H,8,9). The van der Waals surface area contributed by atoms with Gasteiger partial charge in [0.05, 0.1) is 5.75 Å². The zero-order valence-corrected chi connectivity index (χ0v) is 6.62. The normalized spacial score (nSPS) is 33.6. The van der Waals surface area contributed by atoms with Gasteiger partial charge in [-0.15, -0.1) is 11.8 Å². The summed E-state index contributed by atoms with van der Waals surface area (Å²) < 4.78 is 0. The Morgan fingerprint density at radius 3 is 2.90 bits per heavy atom. The van der Waals surface area contributed by atoms with Crippen molar-refractivity contribution in [3.8, 4) is 0 Å². The molecular formula is C7H11NOS. The predicted octanol–water partition coefficient (Wildman–Crippen LogP) is 0.628. The van der Waals surface area contributed by atoms with Crippen LogP contribution in [0.15, 0.2) is 0 Å². The molecule has 0 aromatic heterocycles. The van der Waals surface area contributed by atoms with E-state index in [9.17, 15) is 4.79 Å². The van der Waals surface area contributed by atoms with E-state index in [4.69, 9.17) is 0 Å². The van der Waals surface area contributed by atoms with Crippen LogP contribution in [0.25, 0.3) is 0 Å². The van der Waals surface area contributed by atoms with Crippen LogP contribution in [0.3, 0.4) is 0 Å². The van der Waals surface area contributed by atoms with E-state index in [1.165, 1.54) is 12.8 Å². The largest absolute Gasteiger partial charge is 0.352 e. The molecule has 1 N–H and O–H groups in total. The fourth-order valence-corrected chi connectivity index (χ4v) is 2.32. The first kappa shape index (κ1) is 6.53. The number of amides is 1. The van der Waals surface area contributed by atoms with E-state index in [2.05, 4.69) is 5.32 Å². The highest BCUT2D eigenvalue weighted by molar-refractivity contribution is 8.00. The molecular weight excluding hydrogens is 146 g/mol. The van der Waals surface area contributed by atoms with E-state index in [0.29, 0.717) is 11.8 Å². The molecule has 0 aromatic carbocycles. The van der Waals surface area contributed by atoms with Gasteiger partial charge in [0.15, 0.2) is 0 Å². The van der Waals surface area contributed by atoms with Gasteiger partial charge in [0, 0.05) is 11.8 Å². The van der Waals surface area contributed by atoms with Crippen molar-refractivity contribution in [2.24, 2.45) is 5.92 Å². The van der Waals surface area contributed by atoms with Crippen LogP contribution in [-0.2, 0) is 4.79 Å². The average Bonchev–Trinajstić information content (AvgIpc) is 2.68. The lowest BCUT2D eigenvalue weighted by Crippen LogP contribution is -2.43. The number of hydrogen-bond donors (Lipinski definition) is 1. The van der Waals surface area contributed by atoms with Crippen LogP contribution >= 0.6 is 11.8 Å². The third-order valence-electron chi connectivity index (χ3n) is 2.07. The van der Waals surface area contributed by atoms with Crippen molar-refractivity contribution < 1.29 is 4.79 Å². The Morgan fingerprint density at radius 2 is 2.30 bits per heavy atom. The maximum Gasteiger partial charge on any atom is 0.230 e. The lowest BCUT2D eigenvalue weighted by Gasteiger charge is -2.22. The second kappa shape index (κ2) is 2.46. The molecule has 1 aliphatic heterocycles. The van der Waals surface area contributed by atoms with E-state index in [1.807, 2.05) is 0 Å². The van der Waals surface area contributed by atoms with Crippen LogP contribution in [0, 0.1) is 5.92 Å². The van der Waals surface area contributed by atoms with Gasteiger partial charge in [-0.05, 0) is 18.8 Å². The molecule has 0 spiro atoms. The second-order valence-electron chi connectivity index (χ2n) is 3.03. The molecule has 2 nitrogen and oxygen atoms in total. The number of carbonyl (C=O) groups excluding carboxylic acids is 1. The smallest absolute Gasteiger partial charge is 0.230 e. The molecule has 1 saturated carbocycles. The molecule has 2 fully saturated rings. The van der Waals surface area contributed by atoms with Crippen LogP contribution in [0.5, 0.6) is 0 Å². The van der Waals surface area contributed by atoms with Gasteiger partial charge < -0.3 is 5.32 Å².